The number of nitrogens with two attached hydrogens (primary N) is 1. The second-order valence-electron chi connectivity index (χ2n) is 6.29. The first-order valence-electron chi connectivity index (χ1n) is 8.04. The van der Waals surface area contributed by atoms with Gasteiger partial charge >= 0.3 is 0 Å². The van der Waals surface area contributed by atoms with Gasteiger partial charge in [-0.2, -0.15) is 0 Å². The van der Waals surface area contributed by atoms with Crippen molar-refractivity contribution in [1.29, 1.82) is 0 Å². The molecule has 1 aliphatic rings. The molecule has 1 unspecified atom stereocenters. The van der Waals surface area contributed by atoms with Crippen molar-refractivity contribution >= 4 is 35.6 Å². The highest BCUT2D eigenvalue weighted by atomic mass is 35.5. The quantitative estimate of drug-likeness (QED) is 0.731. The average molecular weight is 356 g/mol. The fourth-order valence-electron chi connectivity index (χ4n) is 2.49. The summed E-state index contributed by atoms with van der Waals surface area (Å²) >= 11 is 0. The number of nitrogens with one attached hydrogen (secondary N) is 2. The molecule has 6 nitrogen and oxygen atoms in total. The zero-order chi connectivity index (χ0) is 16.8. The molecule has 1 aliphatic heterocycles. The van der Waals surface area contributed by atoms with Crippen LogP contribution in [-0.2, 0) is 14.3 Å². The van der Waals surface area contributed by atoms with E-state index in [2.05, 4.69) is 10.6 Å². The van der Waals surface area contributed by atoms with Gasteiger partial charge in [-0.3, -0.25) is 9.59 Å². The van der Waals surface area contributed by atoms with Crippen LogP contribution in [0, 0.1) is 5.92 Å². The molecule has 0 spiro atoms. The summed E-state index contributed by atoms with van der Waals surface area (Å²) in [4.78, 5) is 23.9. The smallest absolute Gasteiger partial charge is 0.253 e. The lowest BCUT2D eigenvalue weighted by molar-refractivity contribution is -0.124. The van der Waals surface area contributed by atoms with Crippen LogP contribution in [-0.4, -0.2) is 30.6 Å². The van der Waals surface area contributed by atoms with Gasteiger partial charge in [0.25, 0.3) is 5.91 Å². The molecule has 7 heteroatoms. The first-order chi connectivity index (χ1) is 11.0. The zero-order valence-corrected chi connectivity index (χ0v) is 14.9. The summed E-state index contributed by atoms with van der Waals surface area (Å²) in [5.41, 5.74) is 7.18. The number of hydrogen-bond acceptors (Lipinski definition) is 4. The maximum Gasteiger partial charge on any atom is 0.253 e. The molecule has 0 aliphatic carbocycles. The molecule has 1 heterocycles. The Bertz CT molecular complexity index is 543. The molecule has 1 fully saturated rings. The first kappa shape index (κ1) is 20.4. The van der Waals surface area contributed by atoms with Gasteiger partial charge in [-0.25, -0.2) is 0 Å². The number of carbonyl (C=O) groups excluding carboxylic acids is 2. The predicted molar refractivity (Wildman–Crippen MR) is 97.4 cm³/mol. The molecule has 1 aromatic carbocycles. The monoisotopic (exact) mass is 355 g/mol. The van der Waals surface area contributed by atoms with Crippen LogP contribution in [0.3, 0.4) is 0 Å². The Morgan fingerprint density at radius 3 is 2.29 bits per heavy atom. The van der Waals surface area contributed by atoms with Crippen LogP contribution >= 0.6 is 12.4 Å². The van der Waals surface area contributed by atoms with Crippen LogP contribution in [0.2, 0.25) is 0 Å². The van der Waals surface area contributed by atoms with E-state index in [0.717, 1.165) is 12.8 Å². The average Bonchev–Trinajstić information content (AvgIpc) is 3.03. The number of benzene rings is 1. The lowest BCUT2D eigenvalue weighted by atomic mass is 10.0. The van der Waals surface area contributed by atoms with Gasteiger partial charge in [0.15, 0.2) is 0 Å². The predicted octanol–water partition coefficient (Wildman–Crippen LogP) is 2.54. The van der Waals surface area contributed by atoms with Crippen molar-refractivity contribution < 1.29 is 14.3 Å². The van der Waals surface area contributed by atoms with E-state index in [9.17, 15) is 9.59 Å². The van der Waals surface area contributed by atoms with Gasteiger partial charge in [0.1, 0.15) is 6.10 Å². The normalized spacial score (nSPS) is 17.9. The third-order valence-corrected chi connectivity index (χ3v) is 3.70. The van der Waals surface area contributed by atoms with Crippen molar-refractivity contribution in [2.24, 2.45) is 11.7 Å². The molecule has 4 N–H and O–H groups in total. The summed E-state index contributed by atoms with van der Waals surface area (Å²) in [5, 5.41) is 5.59. The maximum atomic E-state index is 12.0. The molecule has 1 saturated heterocycles. The highest BCUT2D eigenvalue weighted by Gasteiger charge is 2.23. The van der Waals surface area contributed by atoms with Gasteiger partial charge in [-0.05, 0) is 49.4 Å². The molecule has 1 aromatic rings. The Kier molecular flexibility index (Phi) is 8.18. The standard InChI is InChI=1S/C17H25N3O3.ClH/c1-11(2)10-14(18)16(21)19-12-5-7-13(8-6-12)20-17(22)15-4-3-9-23-15;/h5-8,11,14-15H,3-4,9-10,18H2,1-2H3,(H,19,21)(H,20,22);1H/t14-,15?;/m0./s1. The van der Waals surface area contributed by atoms with Gasteiger partial charge in [-0.15, -0.1) is 12.4 Å². The van der Waals surface area contributed by atoms with Crippen LogP contribution in [0.1, 0.15) is 33.1 Å². The molecule has 2 amide bonds. The second-order valence-corrected chi connectivity index (χ2v) is 6.29. The van der Waals surface area contributed by atoms with E-state index in [-0.39, 0.29) is 30.3 Å². The molecule has 0 bridgehead atoms. The Hall–Kier alpha value is -1.63. The molecule has 2 rings (SSSR count). The van der Waals surface area contributed by atoms with Gasteiger partial charge in [0, 0.05) is 18.0 Å². The third kappa shape index (κ3) is 6.11. The summed E-state index contributed by atoms with van der Waals surface area (Å²) in [6.45, 7) is 4.69. The topological polar surface area (TPSA) is 93.5 Å². The maximum absolute atomic E-state index is 12.0. The van der Waals surface area contributed by atoms with Crippen molar-refractivity contribution in [1.82, 2.24) is 0 Å². The second kappa shape index (κ2) is 9.61. The lowest BCUT2D eigenvalue weighted by Crippen LogP contribution is -2.36. The summed E-state index contributed by atoms with van der Waals surface area (Å²) in [6.07, 6.45) is 1.96. The third-order valence-electron chi connectivity index (χ3n) is 3.70. The van der Waals surface area contributed by atoms with Crippen LogP contribution in [0.5, 0.6) is 0 Å². The van der Waals surface area contributed by atoms with E-state index in [1.165, 1.54) is 0 Å². The van der Waals surface area contributed by atoms with Crippen molar-refractivity contribution in [2.75, 3.05) is 17.2 Å². The highest BCUT2D eigenvalue weighted by molar-refractivity contribution is 5.96. The molecular weight excluding hydrogens is 330 g/mol. The van der Waals surface area contributed by atoms with Crippen molar-refractivity contribution in [3.05, 3.63) is 24.3 Å². The molecule has 24 heavy (non-hydrogen) atoms. The van der Waals surface area contributed by atoms with Crippen molar-refractivity contribution in [2.45, 2.75) is 45.3 Å². The number of carbonyl (C=O) groups is 2. The number of rotatable bonds is 6. The lowest BCUT2D eigenvalue weighted by Gasteiger charge is -2.15. The van der Waals surface area contributed by atoms with Crippen LogP contribution in [0.15, 0.2) is 24.3 Å². The van der Waals surface area contributed by atoms with E-state index in [1.54, 1.807) is 24.3 Å². The molecule has 0 radical (unpaired) electrons. The highest BCUT2D eigenvalue weighted by Crippen LogP contribution is 2.17. The fraction of sp³-hybridized carbons (Fsp3) is 0.529. The van der Waals surface area contributed by atoms with E-state index in [4.69, 9.17) is 10.5 Å². The molecular formula is C17H26ClN3O3. The summed E-state index contributed by atoms with van der Waals surface area (Å²) in [5.74, 6) is 0.0410. The Morgan fingerprint density at radius 1 is 1.21 bits per heavy atom. The van der Waals surface area contributed by atoms with Crippen molar-refractivity contribution in [3.63, 3.8) is 0 Å². The van der Waals surface area contributed by atoms with Crippen LogP contribution in [0.25, 0.3) is 0 Å². The van der Waals surface area contributed by atoms with Crippen molar-refractivity contribution in [3.8, 4) is 0 Å². The first-order valence-corrected chi connectivity index (χ1v) is 8.04. The van der Waals surface area contributed by atoms with E-state index in [0.29, 0.717) is 30.3 Å². The zero-order valence-electron chi connectivity index (χ0n) is 14.1. The van der Waals surface area contributed by atoms with Gasteiger partial charge < -0.3 is 21.1 Å². The number of ether oxygens (including phenoxy) is 1. The largest absolute Gasteiger partial charge is 0.368 e. The van der Waals surface area contributed by atoms with Gasteiger partial charge in [0.05, 0.1) is 6.04 Å². The SMILES string of the molecule is CC(C)C[C@H](N)C(=O)Nc1ccc(NC(=O)C2CCCO2)cc1.Cl. The molecule has 0 aromatic heterocycles. The summed E-state index contributed by atoms with van der Waals surface area (Å²) in [7, 11) is 0. The summed E-state index contributed by atoms with van der Waals surface area (Å²) < 4.78 is 5.34. The Labute approximate surface area is 148 Å². The molecule has 2 atom stereocenters. The summed E-state index contributed by atoms with van der Waals surface area (Å²) in [6, 6.07) is 6.46. The van der Waals surface area contributed by atoms with Crippen LogP contribution < -0.4 is 16.4 Å². The number of hydrogen-bond donors (Lipinski definition) is 3. The molecule has 0 saturated carbocycles. The Balaban J connectivity index is 0.00000288. The number of halogens is 1. The van der Waals surface area contributed by atoms with E-state index in [1.807, 2.05) is 13.8 Å². The number of anilines is 2. The van der Waals surface area contributed by atoms with E-state index >= 15 is 0 Å². The number of amides is 2. The Morgan fingerprint density at radius 2 is 1.79 bits per heavy atom. The fourth-order valence-corrected chi connectivity index (χ4v) is 2.49. The minimum absolute atomic E-state index is 0. The minimum atomic E-state index is -0.520. The molecule has 134 valence electrons. The van der Waals surface area contributed by atoms with E-state index < -0.39 is 6.04 Å². The van der Waals surface area contributed by atoms with Gasteiger partial charge in [0.2, 0.25) is 5.91 Å². The minimum Gasteiger partial charge on any atom is -0.368 e. The van der Waals surface area contributed by atoms with Gasteiger partial charge in [-0.1, -0.05) is 13.8 Å². The van der Waals surface area contributed by atoms with Crippen LogP contribution in [0.4, 0.5) is 11.4 Å².